The van der Waals surface area contributed by atoms with E-state index in [4.69, 9.17) is 8.83 Å². The molecule has 2 nitrogen and oxygen atoms in total. The van der Waals surface area contributed by atoms with Crippen LogP contribution in [0.15, 0.2) is 506 Å². The Kier molecular flexibility index (Phi) is 19.0. The van der Waals surface area contributed by atoms with Crippen molar-refractivity contribution in [1.29, 1.82) is 0 Å². The van der Waals surface area contributed by atoms with Crippen LogP contribution in [0.2, 0.25) is 0 Å². The average molecular weight is 1680 g/mol. The van der Waals surface area contributed by atoms with Gasteiger partial charge in [-0.2, -0.15) is 0 Å². The monoisotopic (exact) mass is 1670 g/mol. The topological polar surface area (TPSA) is 26.3 Å². The van der Waals surface area contributed by atoms with Crippen molar-refractivity contribution in [3.05, 3.63) is 497 Å². The van der Waals surface area contributed by atoms with Gasteiger partial charge >= 0.3 is 0 Å². The molecule has 132 heavy (non-hydrogen) atoms. The molecule has 614 valence electrons. The highest BCUT2D eigenvalue weighted by molar-refractivity contribution is 6.27. The van der Waals surface area contributed by atoms with Gasteiger partial charge in [0.05, 0.1) is 0 Å². The van der Waals surface area contributed by atoms with Crippen molar-refractivity contribution in [2.24, 2.45) is 0 Å². The highest BCUT2D eigenvalue weighted by Crippen LogP contribution is 2.52. The molecule has 0 N–H and O–H groups in total. The normalized spacial score (nSPS) is 11.6. The summed E-state index contributed by atoms with van der Waals surface area (Å²) < 4.78 is 12.3. The fraction of sp³-hybridized carbons (Fsp3) is 0. The third-order valence-electron chi connectivity index (χ3n) is 27.1. The molecule has 27 aromatic rings. The number of fused-ring (bicyclic) bond motifs is 16. The van der Waals surface area contributed by atoms with E-state index in [-0.39, 0.29) is 0 Å². The Morgan fingerprint density at radius 2 is 0.364 bits per heavy atom. The molecule has 0 radical (unpaired) electrons. The second-order valence-electron chi connectivity index (χ2n) is 34.6. The fourth-order valence-electron chi connectivity index (χ4n) is 21.1. The Morgan fingerprint density at radius 3 is 0.818 bits per heavy atom. The van der Waals surface area contributed by atoms with Gasteiger partial charge in [0.2, 0.25) is 0 Å². The Bertz CT molecular complexity index is 9090. The maximum absolute atomic E-state index is 6.17. The molecule has 2 aromatic heterocycles. The lowest BCUT2D eigenvalue weighted by Gasteiger charge is -2.21. The van der Waals surface area contributed by atoms with E-state index in [2.05, 4.69) is 473 Å². The molecule has 0 fully saturated rings. The summed E-state index contributed by atoms with van der Waals surface area (Å²) in [5.74, 6) is 0. The van der Waals surface area contributed by atoms with E-state index in [1.807, 2.05) is 24.3 Å². The highest BCUT2D eigenvalue weighted by atomic mass is 16.3. The molecule has 0 aliphatic heterocycles. The fourth-order valence-corrected chi connectivity index (χ4v) is 21.1. The molecule has 0 unspecified atom stereocenters. The molecule has 0 atom stereocenters. The zero-order chi connectivity index (χ0) is 87.1. The first-order valence-electron chi connectivity index (χ1n) is 45.5. The van der Waals surface area contributed by atoms with Crippen molar-refractivity contribution < 1.29 is 8.83 Å². The van der Waals surface area contributed by atoms with Crippen LogP contribution in [-0.4, -0.2) is 0 Å². The second-order valence-corrected chi connectivity index (χ2v) is 34.6. The number of benzene rings is 25. The van der Waals surface area contributed by atoms with Gasteiger partial charge in [0.1, 0.15) is 22.3 Å². The van der Waals surface area contributed by atoms with Gasteiger partial charge in [-0.3, -0.25) is 0 Å². The SMILES string of the molecule is c1cc(-c2ccc3ccccc3c2)cc(-c2c3ccccc3c(-c3ccc4oc5ccccc5c4c3)c3ccccc23)c1.c1ccc(-c2ccc(-c3c4ccccc4c(-c4cc5ccccc5cc4-c4cccc5ccccc45)c4ccccc34)cc2)cc1.c1ccc2c(-c3ccc(-c4c5ccccc5c(-c5ccc6oc7ccccc7c6c5)c5ccccc45)cc3)cccc2c1. The molecule has 0 aliphatic rings. The molecule has 0 aliphatic carbocycles. The van der Waals surface area contributed by atoms with Crippen LogP contribution in [0.25, 0.3) is 263 Å². The summed E-state index contributed by atoms with van der Waals surface area (Å²) >= 11 is 0. The molecular weight excluding hydrogens is 1590 g/mol. The lowest BCUT2D eigenvalue weighted by Crippen LogP contribution is -1.94. The predicted octanol–water partition coefficient (Wildman–Crippen LogP) is 37.1. The number of hydrogen-bond acceptors (Lipinski definition) is 2. The van der Waals surface area contributed by atoms with Crippen molar-refractivity contribution in [2.75, 3.05) is 0 Å². The molecule has 0 saturated carbocycles. The minimum Gasteiger partial charge on any atom is -0.456 e. The van der Waals surface area contributed by atoms with Crippen molar-refractivity contribution >= 4 is 152 Å². The molecule has 0 spiro atoms. The van der Waals surface area contributed by atoms with Crippen LogP contribution in [0.1, 0.15) is 0 Å². The summed E-state index contributed by atoms with van der Waals surface area (Å²) in [6.07, 6.45) is 0. The van der Waals surface area contributed by atoms with Gasteiger partial charge < -0.3 is 8.83 Å². The van der Waals surface area contributed by atoms with E-state index in [1.165, 1.54) is 219 Å². The van der Waals surface area contributed by atoms with E-state index in [9.17, 15) is 0 Å². The van der Waals surface area contributed by atoms with Crippen molar-refractivity contribution in [1.82, 2.24) is 0 Å². The van der Waals surface area contributed by atoms with Crippen LogP contribution in [0.5, 0.6) is 0 Å². The van der Waals surface area contributed by atoms with Gasteiger partial charge in [0.25, 0.3) is 0 Å². The van der Waals surface area contributed by atoms with Crippen molar-refractivity contribution in [3.8, 4) is 111 Å². The second kappa shape index (κ2) is 32.5. The van der Waals surface area contributed by atoms with Gasteiger partial charge in [-0.25, -0.2) is 0 Å². The van der Waals surface area contributed by atoms with E-state index in [0.717, 1.165) is 43.9 Å². The number of furan rings is 2. The van der Waals surface area contributed by atoms with Gasteiger partial charge in [0, 0.05) is 21.5 Å². The molecule has 0 bridgehead atoms. The zero-order valence-corrected chi connectivity index (χ0v) is 72.2. The average Bonchev–Trinajstić information content (AvgIpc) is 0.982. The van der Waals surface area contributed by atoms with E-state index < -0.39 is 0 Å². The zero-order valence-electron chi connectivity index (χ0n) is 72.2. The summed E-state index contributed by atoms with van der Waals surface area (Å²) in [5, 5.41) is 29.7. The maximum Gasteiger partial charge on any atom is 0.135 e. The first-order chi connectivity index (χ1) is 65.5. The standard InChI is InChI=1S/C46H30.2C42H26O/c1-2-13-31(14-3-1)32-25-27-34(28-26-32)45-39-20-8-10-22-41(39)46(42-23-11-9-21-40(42)45)44-30-36-17-5-4-16-35(36)29-43(44)38-24-12-18-33-15-6-7-19-37(33)38;1-2-12-31-27(10-1)11-9-18-32(31)28-20-22-29(23-21-28)41-34-14-3-5-16-36(34)42(37-17-6-4-15-35(37)41)30-24-25-40-38(26-30)33-13-7-8-19-39(33)43-40;1-2-11-28-24-30(21-20-27(28)10-1)29-12-9-13-31(25-29)41-34-15-3-5-17-36(34)42(37-18-6-4-16-35(37)41)32-22-23-40-38(26-32)33-14-7-8-19-39(33)43-40/h1-30H;2*1-26H. The minimum absolute atomic E-state index is 0.917. The van der Waals surface area contributed by atoms with Crippen molar-refractivity contribution in [3.63, 3.8) is 0 Å². The number of hydrogen-bond donors (Lipinski definition) is 0. The van der Waals surface area contributed by atoms with Crippen LogP contribution < -0.4 is 0 Å². The Labute approximate surface area is 763 Å². The Hall–Kier alpha value is -17.3. The smallest absolute Gasteiger partial charge is 0.135 e. The summed E-state index contributed by atoms with van der Waals surface area (Å²) in [4.78, 5) is 0. The minimum atomic E-state index is 0.917. The third-order valence-corrected chi connectivity index (χ3v) is 27.1. The summed E-state index contributed by atoms with van der Waals surface area (Å²) in [6.45, 7) is 0. The summed E-state index contributed by atoms with van der Waals surface area (Å²) in [6, 6.07) is 180. The first-order valence-corrected chi connectivity index (χ1v) is 45.5. The van der Waals surface area contributed by atoms with Crippen LogP contribution in [0.4, 0.5) is 0 Å². The van der Waals surface area contributed by atoms with E-state index in [1.54, 1.807) is 0 Å². The Balaban J connectivity index is 0.000000106. The van der Waals surface area contributed by atoms with E-state index in [0.29, 0.717) is 0 Å². The lowest BCUT2D eigenvalue weighted by molar-refractivity contribution is 0.668. The van der Waals surface area contributed by atoms with Crippen LogP contribution >= 0.6 is 0 Å². The van der Waals surface area contributed by atoms with Crippen LogP contribution in [-0.2, 0) is 0 Å². The van der Waals surface area contributed by atoms with Gasteiger partial charge in [-0.05, 0) is 280 Å². The Morgan fingerprint density at radius 1 is 0.0985 bits per heavy atom. The lowest BCUT2D eigenvalue weighted by atomic mass is 9.82. The van der Waals surface area contributed by atoms with Crippen LogP contribution in [0, 0.1) is 0 Å². The van der Waals surface area contributed by atoms with Gasteiger partial charge in [-0.1, -0.05) is 437 Å². The molecule has 27 rings (SSSR count). The van der Waals surface area contributed by atoms with E-state index >= 15 is 0 Å². The quantitative estimate of drug-likeness (QED) is 0.128. The molecule has 2 heteroatoms. The molecular formula is C130H82O2. The van der Waals surface area contributed by atoms with Gasteiger partial charge in [-0.15, -0.1) is 0 Å². The molecule has 2 heterocycles. The largest absolute Gasteiger partial charge is 0.456 e. The summed E-state index contributed by atoms with van der Waals surface area (Å²) in [7, 11) is 0. The van der Waals surface area contributed by atoms with Crippen molar-refractivity contribution in [2.45, 2.75) is 0 Å². The third kappa shape index (κ3) is 13.4. The first kappa shape index (κ1) is 77.1. The molecule has 0 amide bonds. The van der Waals surface area contributed by atoms with Gasteiger partial charge in [0.15, 0.2) is 0 Å². The number of rotatable bonds is 10. The molecule has 25 aromatic carbocycles. The summed E-state index contributed by atoms with van der Waals surface area (Å²) in [5.41, 5.74) is 28.5. The maximum atomic E-state index is 6.17. The predicted molar refractivity (Wildman–Crippen MR) is 563 cm³/mol. The van der Waals surface area contributed by atoms with Crippen LogP contribution in [0.3, 0.4) is 0 Å². The number of para-hydroxylation sites is 2. The molecule has 0 saturated heterocycles. The highest BCUT2D eigenvalue weighted by Gasteiger charge is 2.25.